The number of nitrogens with zero attached hydrogens (tertiary/aromatic N) is 2. The molecule has 0 unspecified atom stereocenters. The van der Waals surface area contributed by atoms with E-state index >= 15 is 0 Å². The summed E-state index contributed by atoms with van der Waals surface area (Å²) in [6.07, 6.45) is 2.88. The Balaban J connectivity index is 0.000000532. The van der Waals surface area contributed by atoms with Gasteiger partial charge in [0.25, 0.3) is 0 Å². The second-order valence-electron chi connectivity index (χ2n) is 7.79. The normalized spacial score (nSPS) is 10.3. The van der Waals surface area contributed by atoms with Gasteiger partial charge in [-0.1, -0.05) is 48.0 Å². The molecule has 0 aliphatic rings. The number of aliphatic hydroxyl groups is 1. The van der Waals surface area contributed by atoms with E-state index in [2.05, 4.69) is 40.2 Å². The van der Waals surface area contributed by atoms with Crippen LogP contribution in [0.4, 0.5) is 17.1 Å². The third-order valence-electron chi connectivity index (χ3n) is 5.03. The average molecular weight is 677 g/mol. The van der Waals surface area contributed by atoms with Crippen molar-refractivity contribution in [3.8, 4) is 22.8 Å². The number of methoxy groups -OCH3 is 2. The summed E-state index contributed by atoms with van der Waals surface area (Å²) in [7, 11) is 3.30. The minimum Gasteiger partial charge on any atom is -0.540 e. The van der Waals surface area contributed by atoms with Crippen molar-refractivity contribution in [2.24, 2.45) is 0 Å². The van der Waals surface area contributed by atoms with Crippen molar-refractivity contribution in [1.29, 1.82) is 0 Å². The molecule has 0 aliphatic heterocycles. The van der Waals surface area contributed by atoms with Crippen LogP contribution in [0.15, 0.2) is 103 Å². The summed E-state index contributed by atoms with van der Waals surface area (Å²) >= 11 is 0. The third-order valence-corrected chi connectivity index (χ3v) is 5.03. The zero-order chi connectivity index (χ0) is 25.9. The standard InChI is InChI=1S/C25H21N2O2.C5H8O2.Pt/c1-28-22-15-16-26-24(18-22)23-14-13-21(17-25(23)29-2)27(19-9-5-3-6-10-19)20-11-7-4-8-12-20;1-4(6)3-5(2)7;/h3-13,15-18H,1-2H3;3,6H,1-2H3;/q-1;;/b;4-3-;. The Hall–Kier alpha value is -3.89. The maximum Gasteiger partial charge on any atom is 0.155 e. The van der Waals surface area contributed by atoms with Gasteiger partial charge in [0.1, 0.15) is 5.75 Å². The average Bonchev–Trinajstić information content (AvgIpc) is 2.89. The number of rotatable bonds is 7. The largest absolute Gasteiger partial charge is 0.540 e. The quantitative estimate of drug-likeness (QED) is 0.128. The van der Waals surface area contributed by atoms with Crippen LogP contribution in [0, 0.1) is 6.07 Å². The molecule has 0 saturated carbocycles. The molecule has 0 fully saturated rings. The van der Waals surface area contributed by atoms with E-state index in [1.807, 2.05) is 60.7 Å². The molecule has 0 saturated heterocycles. The van der Waals surface area contributed by atoms with E-state index in [0.29, 0.717) is 5.75 Å². The first-order chi connectivity index (χ1) is 17.4. The minimum atomic E-state index is -0.125. The number of anilines is 3. The van der Waals surface area contributed by atoms with Gasteiger partial charge in [-0.2, -0.15) is 0 Å². The Bertz CT molecular complexity index is 1270. The molecule has 0 atom stereocenters. The van der Waals surface area contributed by atoms with E-state index in [9.17, 15) is 4.79 Å². The molecule has 0 amide bonds. The van der Waals surface area contributed by atoms with Crippen LogP contribution in [0.2, 0.25) is 0 Å². The van der Waals surface area contributed by atoms with Gasteiger partial charge in [0.2, 0.25) is 0 Å². The van der Waals surface area contributed by atoms with Gasteiger partial charge < -0.3 is 24.5 Å². The number of para-hydroxylation sites is 2. The monoisotopic (exact) mass is 676 g/mol. The molecule has 6 nitrogen and oxygen atoms in total. The van der Waals surface area contributed by atoms with E-state index in [-0.39, 0.29) is 32.6 Å². The predicted octanol–water partition coefficient (Wildman–Crippen LogP) is 7.07. The van der Waals surface area contributed by atoms with Crippen LogP contribution in [0.25, 0.3) is 11.3 Å². The van der Waals surface area contributed by atoms with Crippen LogP contribution in [-0.2, 0) is 25.9 Å². The van der Waals surface area contributed by atoms with Gasteiger partial charge in [0.15, 0.2) is 5.78 Å². The van der Waals surface area contributed by atoms with Crippen molar-refractivity contribution in [3.05, 3.63) is 109 Å². The zero-order valence-corrected chi connectivity index (χ0v) is 23.4. The second-order valence-corrected chi connectivity index (χ2v) is 7.79. The van der Waals surface area contributed by atoms with Gasteiger partial charge >= 0.3 is 0 Å². The Morgan fingerprint density at radius 2 is 1.49 bits per heavy atom. The van der Waals surface area contributed by atoms with Gasteiger partial charge in [0, 0.05) is 50.5 Å². The Morgan fingerprint density at radius 1 is 0.892 bits per heavy atom. The number of pyridine rings is 1. The van der Waals surface area contributed by atoms with E-state index in [4.69, 9.17) is 14.6 Å². The first-order valence-electron chi connectivity index (χ1n) is 11.3. The van der Waals surface area contributed by atoms with Gasteiger partial charge in [-0.3, -0.25) is 4.79 Å². The summed E-state index contributed by atoms with van der Waals surface area (Å²) in [5.41, 5.74) is 4.60. The minimum absolute atomic E-state index is 0. The van der Waals surface area contributed by atoms with Crippen molar-refractivity contribution in [2.45, 2.75) is 13.8 Å². The van der Waals surface area contributed by atoms with Crippen molar-refractivity contribution in [3.63, 3.8) is 0 Å². The maximum absolute atomic E-state index is 10.0. The molecule has 1 N–H and O–H groups in total. The molecule has 4 aromatic rings. The number of carbonyl (C=O) groups is 1. The van der Waals surface area contributed by atoms with E-state index in [1.54, 1.807) is 20.4 Å². The Kier molecular flexibility index (Phi) is 11.6. The molecule has 0 radical (unpaired) electrons. The number of allylic oxidation sites excluding steroid dienone is 2. The molecule has 37 heavy (non-hydrogen) atoms. The van der Waals surface area contributed by atoms with Crippen molar-refractivity contribution in [2.75, 3.05) is 19.1 Å². The Labute approximate surface area is 232 Å². The summed E-state index contributed by atoms with van der Waals surface area (Å²) in [5.74, 6) is 1.37. The first kappa shape index (κ1) is 29.3. The fourth-order valence-corrected chi connectivity index (χ4v) is 3.53. The number of aromatic nitrogens is 1. The van der Waals surface area contributed by atoms with Crippen molar-refractivity contribution >= 4 is 22.8 Å². The molecule has 194 valence electrons. The molecular weight excluding hydrogens is 647 g/mol. The molecule has 3 aromatic carbocycles. The van der Waals surface area contributed by atoms with Gasteiger partial charge in [-0.25, -0.2) is 0 Å². The van der Waals surface area contributed by atoms with Crippen LogP contribution in [-0.4, -0.2) is 30.1 Å². The second kappa shape index (κ2) is 14.6. The van der Waals surface area contributed by atoms with E-state index in [1.165, 1.54) is 19.9 Å². The van der Waals surface area contributed by atoms with E-state index in [0.717, 1.165) is 34.1 Å². The van der Waals surface area contributed by atoms with Crippen molar-refractivity contribution < 1.29 is 40.4 Å². The fourth-order valence-electron chi connectivity index (χ4n) is 3.53. The third kappa shape index (κ3) is 8.33. The van der Waals surface area contributed by atoms with Gasteiger partial charge in [0.05, 0.1) is 20.0 Å². The summed E-state index contributed by atoms with van der Waals surface area (Å²) in [4.78, 5) is 16.6. The molecule has 1 heterocycles. The molecule has 0 bridgehead atoms. The van der Waals surface area contributed by atoms with Crippen molar-refractivity contribution in [1.82, 2.24) is 4.98 Å². The maximum atomic E-state index is 10.0. The number of hydrogen-bond acceptors (Lipinski definition) is 6. The fraction of sp³-hybridized carbons (Fsp3) is 0.133. The number of carbonyl (C=O) groups excluding carboxylic acids is 1. The number of ketones is 1. The smallest absolute Gasteiger partial charge is 0.155 e. The number of hydrogen-bond donors (Lipinski definition) is 1. The summed E-state index contributed by atoms with van der Waals surface area (Å²) in [5, 5.41) is 8.36. The van der Waals surface area contributed by atoms with Crippen LogP contribution in [0.3, 0.4) is 0 Å². The number of ether oxygens (including phenoxy) is 2. The predicted molar refractivity (Wildman–Crippen MR) is 143 cm³/mol. The van der Waals surface area contributed by atoms with Crippen LogP contribution in [0.1, 0.15) is 13.8 Å². The SMILES string of the molecule is CC(=O)/C=C(/C)O.COc1ccnc(-c2[c-]cc(N(c3ccccc3)c3ccccc3)cc2OC)c1.[Pt]. The number of benzene rings is 3. The van der Waals surface area contributed by atoms with Crippen LogP contribution >= 0.6 is 0 Å². The van der Waals surface area contributed by atoms with E-state index < -0.39 is 0 Å². The Morgan fingerprint density at radius 3 is 1.95 bits per heavy atom. The molecular formula is C30H29N2O4Pt-. The summed E-state index contributed by atoms with van der Waals surface area (Å²) in [6.45, 7) is 2.85. The zero-order valence-electron chi connectivity index (χ0n) is 21.1. The molecule has 0 aliphatic carbocycles. The van der Waals surface area contributed by atoms with Gasteiger partial charge in [-0.05, 0) is 61.6 Å². The summed E-state index contributed by atoms with van der Waals surface area (Å²) in [6, 6.07) is 31.5. The van der Waals surface area contributed by atoms with Crippen LogP contribution < -0.4 is 14.4 Å². The van der Waals surface area contributed by atoms with Crippen LogP contribution in [0.5, 0.6) is 11.5 Å². The molecule has 1 aromatic heterocycles. The molecule has 7 heteroatoms. The molecule has 4 rings (SSSR count). The number of aliphatic hydroxyl groups excluding tert-OH is 1. The summed E-state index contributed by atoms with van der Waals surface area (Å²) < 4.78 is 11.0. The van der Waals surface area contributed by atoms with Gasteiger partial charge in [-0.15, -0.1) is 12.1 Å². The topological polar surface area (TPSA) is 71.9 Å². The molecule has 0 spiro atoms. The first-order valence-corrected chi connectivity index (χ1v) is 11.3.